The van der Waals surface area contributed by atoms with Gasteiger partial charge in [0.1, 0.15) is 5.78 Å². The van der Waals surface area contributed by atoms with Crippen molar-refractivity contribution in [2.45, 2.75) is 43.7 Å². The fourth-order valence-electron chi connectivity index (χ4n) is 5.92. The van der Waals surface area contributed by atoms with Gasteiger partial charge in [-0.3, -0.25) is 9.36 Å². The van der Waals surface area contributed by atoms with Crippen molar-refractivity contribution in [3.63, 3.8) is 0 Å². The zero-order valence-corrected chi connectivity index (χ0v) is 15.3. The summed E-state index contributed by atoms with van der Waals surface area (Å²) in [4.78, 5) is 17.7. The van der Waals surface area contributed by atoms with Gasteiger partial charge in [0, 0.05) is 23.5 Å². The molecule has 0 aliphatic heterocycles. The highest BCUT2D eigenvalue weighted by Gasteiger charge is 2.54. The van der Waals surface area contributed by atoms with E-state index < -0.39 is 0 Å². The molecular weight excluding hydrogens is 328 g/mol. The van der Waals surface area contributed by atoms with Gasteiger partial charge in [0.15, 0.2) is 5.16 Å². The van der Waals surface area contributed by atoms with E-state index in [0.29, 0.717) is 11.5 Å². The third-order valence-corrected chi connectivity index (χ3v) is 7.57. The van der Waals surface area contributed by atoms with Crippen molar-refractivity contribution in [1.82, 2.24) is 9.55 Å². The van der Waals surface area contributed by atoms with E-state index in [-0.39, 0.29) is 5.41 Å². The maximum Gasteiger partial charge on any atom is 0.173 e. The molecule has 0 unspecified atom stereocenters. The minimum absolute atomic E-state index is 0.00587. The van der Waals surface area contributed by atoms with Crippen LogP contribution in [0.1, 0.15) is 38.5 Å². The number of aromatic nitrogens is 2. The normalized spacial score (nSPS) is 32.9. The molecule has 4 fully saturated rings. The molecule has 4 heteroatoms. The van der Waals surface area contributed by atoms with Crippen LogP contribution in [0.5, 0.6) is 0 Å². The van der Waals surface area contributed by atoms with E-state index in [1.807, 2.05) is 30.6 Å². The second-order valence-corrected chi connectivity index (χ2v) is 9.27. The van der Waals surface area contributed by atoms with Gasteiger partial charge in [-0.05, 0) is 68.4 Å². The van der Waals surface area contributed by atoms with E-state index >= 15 is 0 Å². The van der Waals surface area contributed by atoms with E-state index in [1.54, 1.807) is 11.8 Å². The van der Waals surface area contributed by atoms with Crippen molar-refractivity contribution in [2.24, 2.45) is 23.2 Å². The van der Waals surface area contributed by atoms with Crippen molar-refractivity contribution >= 4 is 17.5 Å². The molecule has 2 aromatic rings. The van der Waals surface area contributed by atoms with Crippen LogP contribution in [0.2, 0.25) is 0 Å². The average Bonchev–Trinajstić information content (AvgIpc) is 3.08. The molecule has 4 bridgehead atoms. The second-order valence-electron chi connectivity index (χ2n) is 8.33. The van der Waals surface area contributed by atoms with Crippen LogP contribution in [0.3, 0.4) is 0 Å². The molecule has 1 aromatic carbocycles. The Morgan fingerprint density at radius 2 is 1.72 bits per heavy atom. The summed E-state index contributed by atoms with van der Waals surface area (Å²) < 4.78 is 2.08. The molecule has 6 rings (SSSR count). The number of benzene rings is 1. The predicted octanol–water partition coefficient (Wildman–Crippen LogP) is 4.75. The fourth-order valence-corrected chi connectivity index (χ4v) is 6.92. The van der Waals surface area contributed by atoms with Crippen molar-refractivity contribution in [3.05, 3.63) is 42.7 Å². The zero-order chi connectivity index (χ0) is 16.9. The molecule has 130 valence electrons. The second kappa shape index (κ2) is 6.01. The predicted molar refractivity (Wildman–Crippen MR) is 99.9 cm³/mol. The van der Waals surface area contributed by atoms with Crippen LogP contribution in [0.15, 0.2) is 47.9 Å². The quantitative estimate of drug-likeness (QED) is 0.728. The SMILES string of the molecule is O=C(CSc1nccn1-c1ccccc1)C12CC3CC(CC(C3)C1)C2. The maximum atomic E-state index is 13.2. The third kappa shape index (κ3) is 2.75. The molecule has 4 aliphatic carbocycles. The Labute approximate surface area is 153 Å². The van der Waals surface area contributed by atoms with Gasteiger partial charge in [-0.15, -0.1) is 0 Å². The number of thioether (sulfide) groups is 1. The monoisotopic (exact) mass is 352 g/mol. The number of carbonyl (C=O) groups is 1. The van der Waals surface area contributed by atoms with Crippen LogP contribution in [0.4, 0.5) is 0 Å². The summed E-state index contributed by atoms with van der Waals surface area (Å²) in [5.41, 5.74) is 1.11. The Balaban J connectivity index is 1.31. The summed E-state index contributed by atoms with van der Waals surface area (Å²) in [6, 6.07) is 10.2. The zero-order valence-electron chi connectivity index (χ0n) is 14.4. The first-order valence-corrected chi connectivity index (χ1v) is 10.5. The van der Waals surface area contributed by atoms with Gasteiger partial charge in [0.2, 0.25) is 0 Å². The first-order chi connectivity index (χ1) is 12.2. The lowest BCUT2D eigenvalue weighted by molar-refractivity contribution is -0.141. The highest BCUT2D eigenvalue weighted by molar-refractivity contribution is 7.99. The average molecular weight is 353 g/mol. The molecule has 0 N–H and O–H groups in total. The Hall–Kier alpha value is -1.55. The van der Waals surface area contributed by atoms with E-state index in [1.165, 1.54) is 19.3 Å². The molecule has 0 atom stereocenters. The molecule has 1 heterocycles. The first-order valence-electron chi connectivity index (χ1n) is 9.47. The van der Waals surface area contributed by atoms with Gasteiger partial charge in [0.05, 0.1) is 5.75 Å². The molecular formula is C21H24N2OS. The van der Waals surface area contributed by atoms with Crippen LogP contribution in [0, 0.1) is 23.2 Å². The molecule has 3 nitrogen and oxygen atoms in total. The van der Waals surface area contributed by atoms with E-state index in [4.69, 9.17) is 0 Å². The number of hydrogen-bond acceptors (Lipinski definition) is 3. The van der Waals surface area contributed by atoms with Gasteiger partial charge < -0.3 is 0 Å². The topological polar surface area (TPSA) is 34.9 Å². The third-order valence-electron chi connectivity index (χ3n) is 6.60. The van der Waals surface area contributed by atoms with Gasteiger partial charge in [-0.2, -0.15) is 0 Å². The lowest BCUT2D eigenvalue weighted by Gasteiger charge is -2.56. The van der Waals surface area contributed by atoms with Crippen LogP contribution < -0.4 is 0 Å². The highest BCUT2D eigenvalue weighted by atomic mass is 32.2. The van der Waals surface area contributed by atoms with Crippen LogP contribution in [0.25, 0.3) is 5.69 Å². The lowest BCUT2D eigenvalue weighted by atomic mass is 9.48. The first kappa shape index (κ1) is 15.7. The Kier molecular flexibility index (Phi) is 3.77. The summed E-state index contributed by atoms with van der Waals surface area (Å²) in [6.07, 6.45) is 11.4. The van der Waals surface area contributed by atoms with E-state index in [9.17, 15) is 4.79 Å². The van der Waals surface area contributed by atoms with Gasteiger partial charge >= 0.3 is 0 Å². The highest BCUT2D eigenvalue weighted by Crippen LogP contribution is 2.60. The number of hydrogen-bond donors (Lipinski definition) is 0. The van der Waals surface area contributed by atoms with Crippen molar-refractivity contribution in [2.75, 3.05) is 5.75 Å². The smallest absolute Gasteiger partial charge is 0.173 e. The number of ketones is 1. The molecule has 4 saturated carbocycles. The number of para-hydroxylation sites is 1. The number of nitrogens with zero attached hydrogens (tertiary/aromatic N) is 2. The minimum atomic E-state index is 0.00587. The van der Waals surface area contributed by atoms with E-state index in [0.717, 1.165) is 47.9 Å². The lowest BCUT2D eigenvalue weighted by Crippen LogP contribution is -2.50. The molecule has 4 aliphatic rings. The number of imidazole rings is 1. The van der Waals surface area contributed by atoms with E-state index in [2.05, 4.69) is 21.7 Å². The Morgan fingerprint density at radius 3 is 2.36 bits per heavy atom. The van der Waals surface area contributed by atoms with Crippen LogP contribution in [-0.2, 0) is 4.79 Å². The summed E-state index contributed by atoms with van der Waals surface area (Å²) in [7, 11) is 0. The summed E-state index contributed by atoms with van der Waals surface area (Å²) in [6.45, 7) is 0. The van der Waals surface area contributed by atoms with Crippen molar-refractivity contribution in [1.29, 1.82) is 0 Å². The summed E-state index contributed by atoms with van der Waals surface area (Å²) in [5, 5.41) is 0.921. The van der Waals surface area contributed by atoms with Crippen molar-refractivity contribution < 1.29 is 4.79 Å². The minimum Gasteiger partial charge on any atom is -0.298 e. The molecule has 0 spiro atoms. The molecule has 0 radical (unpaired) electrons. The van der Waals surface area contributed by atoms with Gasteiger partial charge in [-0.1, -0.05) is 30.0 Å². The Bertz CT molecular complexity index is 747. The fraction of sp³-hybridized carbons (Fsp3) is 0.524. The van der Waals surface area contributed by atoms with Crippen molar-refractivity contribution in [3.8, 4) is 5.69 Å². The largest absolute Gasteiger partial charge is 0.298 e. The summed E-state index contributed by atoms with van der Waals surface area (Å²) in [5.74, 6) is 3.53. The Morgan fingerprint density at radius 1 is 1.08 bits per heavy atom. The number of carbonyl (C=O) groups excluding carboxylic acids is 1. The standard InChI is InChI=1S/C21H24N2OS/c24-19(21-11-15-8-16(12-21)10-17(9-15)13-21)14-25-20-22-6-7-23(20)18-4-2-1-3-5-18/h1-7,15-17H,8-14H2. The van der Waals surface area contributed by atoms with Gasteiger partial charge in [0.25, 0.3) is 0 Å². The molecule has 1 aromatic heterocycles. The van der Waals surface area contributed by atoms with Crippen LogP contribution >= 0.6 is 11.8 Å². The van der Waals surface area contributed by atoms with Crippen LogP contribution in [-0.4, -0.2) is 21.1 Å². The molecule has 25 heavy (non-hydrogen) atoms. The maximum absolute atomic E-state index is 13.2. The number of Topliss-reactive ketones (excluding diaryl/α,β-unsaturated/α-hetero) is 1. The molecule has 0 saturated heterocycles. The summed E-state index contributed by atoms with van der Waals surface area (Å²) >= 11 is 1.61. The number of rotatable bonds is 5. The van der Waals surface area contributed by atoms with Gasteiger partial charge in [-0.25, -0.2) is 4.98 Å². The molecule has 0 amide bonds.